The fourth-order valence-corrected chi connectivity index (χ4v) is 2.50. The lowest BCUT2D eigenvalue weighted by atomic mass is 10.2. The number of hydrogen-bond donors (Lipinski definition) is 0. The van der Waals surface area contributed by atoms with Crippen molar-refractivity contribution in [2.24, 2.45) is 0 Å². The Kier molecular flexibility index (Phi) is 12.2. The Bertz CT molecular complexity index is 156. The number of hydrazine groups is 1. The average molecular weight is 338 g/mol. The molecule has 0 aromatic carbocycles. The second-order valence-corrected chi connectivity index (χ2v) is 5.30. The first-order chi connectivity index (χ1) is 7.76. The monoisotopic (exact) mass is 338 g/mol. The molecule has 0 aromatic rings. The third kappa shape index (κ3) is 8.53. The zero-order chi connectivity index (χ0) is 12.2. The van der Waals surface area contributed by atoms with Crippen molar-refractivity contribution >= 4 is 22.9 Å². The van der Waals surface area contributed by atoms with Crippen LogP contribution in [0.15, 0.2) is 12.7 Å². The first kappa shape index (κ1) is 16.4. The molecule has 1 heterocycles. The fourth-order valence-electron chi connectivity index (χ4n) is 1.73. The summed E-state index contributed by atoms with van der Waals surface area (Å²) in [6.45, 7) is 11.3. The summed E-state index contributed by atoms with van der Waals surface area (Å²) < 4.78 is 2.39. The van der Waals surface area contributed by atoms with Crippen molar-refractivity contribution in [1.29, 1.82) is 0 Å². The Morgan fingerprint density at radius 1 is 1.25 bits per heavy atom. The molecule has 16 heavy (non-hydrogen) atoms. The van der Waals surface area contributed by atoms with Gasteiger partial charge in [-0.2, -0.15) is 3.22 Å². The van der Waals surface area contributed by atoms with Crippen molar-refractivity contribution in [3.05, 3.63) is 12.7 Å². The van der Waals surface area contributed by atoms with Gasteiger partial charge >= 0.3 is 0 Å². The van der Waals surface area contributed by atoms with Crippen molar-refractivity contribution in [2.75, 3.05) is 19.6 Å². The van der Waals surface area contributed by atoms with Gasteiger partial charge in [0.1, 0.15) is 0 Å². The van der Waals surface area contributed by atoms with Gasteiger partial charge < -0.3 is 0 Å². The van der Waals surface area contributed by atoms with E-state index in [0.717, 1.165) is 0 Å². The molecular formula is C13H27IN2. The van der Waals surface area contributed by atoms with Crippen molar-refractivity contribution < 1.29 is 0 Å². The predicted octanol–water partition coefficient (Wildman–Crippen LogP) is 4.42. The maximum absolute atomic E-state index is 3.36. The van der Waals surface area contributed by atoms with Crippen molar-refractivity contribution in [2.45, 2.75) is 52.4 Å². The molecule has 0 bridgehead atoms. The molecule has 2 nitrogen and oxygen atoms in total. The van der Waals surface area contributed by atoms with Gasteiger partial charge in [0.15, 0.2) is 0 Å². The number of rotatable bonds is 6. The largest absolute Gasteiger partial charge is 0.233 e. The molecule has 1 aliphatic heterocycles. The van der Waals surface area contributed by atoms with Gasteiger partial charge in [0, 0.05) is 42.5 Å². The summed E-state index contributed by atoms with van der Waals surface area (Å²) in [4.78, 5) is 0. The molecule has 0 atom stereocenters. The molecule has 1 rings (SSSR count). The molecule has 0 spiro atoms. The molecule has 96 valence electrons. The SMILES string of the molecule is C=CC.CCCCCCN(I)N1CCCC1. The zero-order valence-electron chi connectivity index (χ0n) is 10.9. The lowest BCUT2D eigenvalue weighted by Crippen LogP contribution is -2.33. The Hall–Kier alpha value is 0.390. The van der Waals surface area contributed by atoms with Gasteiger partial charge in [0.05, 0.1) is 0 Å². The molecule has 0 amide bonds. The minimum absolute atomic E-state index is 1.24. The minimum atomic E-state index is 1.24. The van der Waals surface area contributed by atoms with Crippen LogP contribution < -0.4 is 0 Å². The van der Waals surface area contributed by atoms with Crippen LogP contribution in [0.5, 0.6) is 0 Å². The van der Waals surface area contributed by atoms with E-state index < -0.39 is 0 Å². The lowest BCUT2D eigenvalue weighted by molar-refractivity contribution is 0.124. The molecule has 0 aromatic heterocycles. The lowest BCUT2D eigenvalue weighted by Gasteiger charge is -2.24. The highest BCUT2D eigenvalue weighted by Crippen LogP contribution is 2.15. The van der Waals surface area contributed by atoms with E-state index in [0.29, 0.717) is 0 Å². The third-order valence-corrected chi connectivity index (χ3v) is 3.68. The minimum Gasteiger partial charge on any atom is -0.233 e. The van der Waals surface area contributed by atoms with Crippen molar-refractivity contribution in [3.8, 4) is 0 Å². The summed E-state index contributed by atoms with van der Waals surface area (Å²) in [6.07, 6.45) is 10.00. The highest BCUT2D eigenvalue weighted by molar-refractivity contribution is 14.1. The normalized spacial score (nSPS) is 16.0. The highest BCUT2D eigenvalue weighted by atomic mass is 127. The number of nitrogens with zero attached hydrogens (tertiary/aromatic N) is 2. The predicted molar refractivity (Wildman–Crippen MR) is 81.5 cm³/mol. The van der Waals surface area contributed by atoms with Crippen LogP contribution in [0.3, 0.4) is 0 Å². The van der Waals surface area contributed by atoms with E-state index in [4.69, 9.17) is 0 Å². The summed E-state index contributed by atoms with van der Waals surface area (Å²) in [6, 6.07) is 0. The standard InChI is InChI=1S/C10H21IN2.C3H6/c1-2-3-4-5-10-13(11)12-8-6-7-9-12;1-3-2/h2-10H2,1H3;3H,1H2,2H3. The molecule has 1 fully saturated rings. The van der Waals surface area contributed by atoms with Crippen molar-refractivity contribution in [3.63, 3.8) is 0 Å². The quantitative estimate of drug-likeness (QED) is 0.306. The van der Waals surface area contributed by atoms with Gasteiger partial charge in [0.2, 0.25) is 0 Å². The smallest absolute Gasteiger partial charge is 0.0369 e. The van der Waals surface area contributed by atoms with E-state index in [1.54, 1.807) is 6.08 Å². The topological polar surface area (TPSA) is 6.48 Å². The van der Waals surface area contributed by atoms with Gasteiger partial charge in [-0.3, -0.25) is 0 Å². The van der Waals surface area contributed by atoms with E-state index in [1.807, 2.05) is 6.92 Å². The van der Waals surface area contributed by atoms with Gasteiger partial charge in [-0.1, -0.05) is 32.3 Å². The van der Waals surface area contributed by atoms with E-state index >= 15 is 0 Å². The number of halogens is 1. The molecule has 3 heteroatoms. The first-order valence-corrected chi connectivity index (χ1v) is 7.48. The Labute approximate surface area is 116 Å². The Morgan fingerprint density at radius 3 is 2.31 bits per heavy atom. The average Bonchev–Trinajstić information content (AvgIpc) is 2.78. The van der Waals surface area contributed by atoms with Gasteiger partial charge in [-0.15, -0.1) is 6.58 Å². The van der Waals surface area contributed by atoms with Crippen molar-refractivity contribution in [1.82, 2.24) is 8.23 Å². The molecule has 0 saturated carbocycles. The van der Waals surface area contributed by atoms with Crippen LogP contribution in [0.25, 0.3) is 0 Å². The van der Waals surface area contributed by atoms with E-state index in [9.17, 15) is 0 Å². The maximum atomic E-state index is 3.36. The van der Waals surface area contributed by atoms with Crippen LogP contribution in [0.1, 0.15) is 52.4 Å². The van der Waals surface area contributed by atoms with Crippen LogP contribution in [0.2, 0.25) is 0 Å². The Balaban J connectivity index is 0.000000673. The van der Waals surface area contributed by atoms with Crippen LogP contribution in [-0.2, 0) is 0 Å². The van der Waals surface area contributed by atoms with Gasteiger partial charge in [-0.25, -0.2) is 5.01 Å². The second kappa shape index (κ2) is 11.9. The highest BCUT2D eigenvalue weighted by Gasteiger charge is 2.16. The summed E-state index contributed by atoms with van der Waals surface area (Å²) in [5, 5.41) is 2.48. The zero-order valence-corrected chi connectivity index (χ0v) is 13.1. The van der Waals surface area contributed by atoms with E-state index in [1.165, 1.54) is 58.2 Å². The molecule has 0 N–H and O–H groups in total. The Morgan fingerprint density at radius 2 is 1.81 bits per heavy atom. The number of hydrogen-bond acceptors (Lipinski definition) is 2. The van der Waals surface area contributed by atoms with E-state index in [-0.39, 0.29) is 0 Å². The van der Waals surface area contributed by atoms with Crippen LogP contribution in [-0.4, -0.2) is 27.9 Å². The summed E-state index contributed by atoms with van der Waals surface area (Å²) >= 11 is 2.45. The number of unbranched alkanes of at least 4 members (excludes halogenated alkanes) is 3. The van der Waals surface area contributed by atoms with E-state index in [2.05, 4.69) is 44.6 Å². The summed E-state index contributed by atoms with van der Waals surface area (Å²) in [5.41, 5.74) is 0. The third-order valence-electron chi connectivity index (χ3n) is 2.59. The molecular weight excluding hydrogens is 311 g/mol. The fraction of sp³-hybridized carbons (Fsp3) is 0.846. The molecule has 0 aliphatic carbocycles. The maximum Gasteiger partial charge on any atom is 0.0369 e. The molecule has 0 unspecified atom stereocenters. The molecule has 0 radical (unpaired) electrons. The summed E-state index contributed by atoms with van der Waals surface area (Å²) in [5.74, 6) is 0. The van der Waals surface area contributed by atoms with Crippen LogP contribution in [0.4, 0.5) is 0 Å². The number of allylic oxidation sites excluding steroid dienone is 1. The van der Waals surface area contributed by atoms with Gasteiger partial charge in [0.25, 0.3) is 0 Å². The second-order valence-electron chi connectivity index (χ2n) is 4.19. The molecule has 1 saturated heterocycles. The van der Waals surface area contributed by atoms with Crippen LogP contribution >= 0.6 is 22.9 Å². The van der Waals surface area contributed by atoms with Crippen LogP contribution in [0, 0.1) is 0 Å². The first-order valence-electron chi connectivity index (χ1n) is 6.51. The molecule has 1 aliphatic rings. The van der Waals surface area contributed by atoms with Gasteiger partial charge in [-0.05, 0) is 26.2 Å². The summed E-state index contributed by atoms with van der Waals surface area (Å²) in [7, 11) is 0.